The molecule has 0 heterocycles. The molecule has 19 heavy (non-hydrogen) atoms. The van der Waals surface area contributed by atoms with Crippen LogP contribution in [0, 0.1) is 0 Å². The number of urea groups is 1. The van der Waals surface area contributed by atoms with Crippen LogP contribution >= 0.6 is 0 Å². The van der Waals surface area contributed by atoms with Gasteiger partial charge in [-0.25, -0.2) is 4.79 Å². The number of anilines is 1. The topological polar surface area (TPSA) is 93.4 Å². The van der Waals surface area contributed by atoms with Gasteiger partial charge in [0.05, 0.1) is 6.04 Å². The summed E-state index contributed by atoms with van der Waals surface area (Å²) in [7, 11) is 1.49. The summed E-state index contributed by atoms with van der Waals surface area (Å²) in [5.41, 5.74) is 6.55. The molecule has 2 atom stereocenters. The summed E-state index contributed by atoms with van der Waals surface area (Å²) >= 11 is 0. The number of carbonyl (C=O) groups excluding carboxylic acids is 2. The van der Waals surface area contributed by atoms with E-state index in [1.165, 1.54) is 7.11 Å². The van der Waals surface area contributed by atoms with E-state index in [-0.39, 0.29) is 11.9 Å². The summed E-state index contributed by atoms with van der Waals surface area (Å²) in [6, 6.07) is 6.32. The van der Waals surface area contributed by atoms with Crippen molar-refractivity contribution in [2.24, 2.45) is 5.73 Å². The largest absolute Gasteiger partial charge is 0.372 e. The number of ether oxygens (including phenoxy) is 1. The average Bonchev–Trinajstić information content (AvgIpc) is 2.37. The van der Waals surface area contributed by atoms with E-state index in [1.807, 2.05) is 19.1 Å². The fourth-order valence-corrected chi connectivity index (χ4v) is 1.52. The van der Waals surface area contributed by atoms with Gasteiger partial charge in [-0.05, 0) is 31.5 Å². The van der Waals surface area contributed by atoms with Crippen LogP contribution in [0.3, 0.4) is 0 Å². The van der Waals surface area contributed by atoms with Gasteiger partial charge in [0, 0.05) is 12.8 Å². The van der Waals surface area contributed by atoms with Gasteiger partial charge < -0.3 is 21.1 Å². The first-order chi connectivity index (χ1) is 8.93. The quantitative estimate of drug-likeness (QED) is 0.751. The molecule has 0 aromatic heterocycles. The van der Waals surface area contributed by atoms with Crippen molar-refractivity contribution >= 4 is 17.6 Å². The third kappa shape index (κ3) is 4.59. The van der Waals surface area contributed by atoms with E-state index in [2.05, 4.69) is 10.6 Å². The normalized spacial score (nSPS) is 13.4. The molecule has 104 valence electrons. The zero-order chi connectivity index (χ0) is 14.4. The lowest BCUT2D eigenvalue weighted by atomic mass is 10.1. The number of primary amides is 1. The van der Waals surface area contributed by atoms with Crippen molar-refractivity contribution in [3.8, 4) is 0 Å². The standard InChI is InChI=1S/C13H19N3O3/c1-8(15-12(17)9(2)19-3)10-4-6-11(7-5-10)16-13(14)18/h4-9H,1-3H3,(H,15,17)(H3,14,16,18). The van der Waals surface area contributed by atoms with Crippen molar-refractivity contribution in [1.82, 2.24) is 5.32 Å². The monoisotopic (exact) mass is 265 g/mol. The van der Waals surface area contributed by atoms with Crippen LogP contribution in [0.4, 0.5) is 10.5 Å². The number of amides is 3. The van der Waals surface area contributed by atoms with E-state index >= 15 is 0 Å². The number of nitrogens with two attached hydrogens (primary N) is 1. The van der Waals surface area contributed by atoms with Gasteiger partial charge in [0.1, 0.15) is 6.10 Å². The minimum Gasteiger partial charge on any atom is -0.372 e. The van der Waals surface area contributed by atoms with Gasteiger partial charge in [0.15, 0.2) is 0 Å². The predicted molar refractivity (Wildman–Crippen MR) is 72.7 cm³/mol. The number of hydrogen-bond acceptors (Lipinski definition) is 3. The van der Waals surface area contributed by atoms with Crippen molar-refractivity contribution in [3.63, 3.8) is 0 Å². The molecule has 1 aromatic rings. The summed E-state index contributed by atoms with van der Waals surface area (Å²) in [6.07, 6.45) is -0.488. The SMILES string of the molecule is COC(C)C(=O)NC(C)c1ccc(NC(N)=O)cc1. The molecular formula is C13H19N3O3. The fraction of sp³-hybridized carbons (Fsp3) is 0.385. The second-order valence-electron chi connectivity index (χ2n) is 4.22. The van der Waals surface area contributed by atoms with E-state index in [0.29, 0.717) is 5.69 Å². The van der Waals surface area contributed by atoms with Gasteiger partial charge >= 0.3 is 6.03 Å². The summed E-state index contributed by atoms with van der Waals surface area (Å²) in [5.74, 6) is -0.172. The molecule has 0 aliphatic carbocycles. The molecule has 6 nitrogen and oxygen atoms in total. The zero-order valence-electron chi connectivity index (χ0n) is 11.3. The van der Waals surface area contributed by atoms with Crippen LogP contribution in [-0.4, -0.2) is 25.2 Å². The Kier molecular flexibility index (Phi) is 5.32. The maximum absolute atomic E-state index is 11.7. The first kappa shape index (κ1) is 15.0. The summed E-state index contributed by atoms with van der Waals surface area (Å²) in [4.78, 5) is 22.3. The van der Waals surface area contributed by atoms with Crippen LogP contribution in [0.25, 0.3) is 0 Å². The third-order valence-electron chi connectivity index (χ3n) is 2.76. The van der Waals surface area contributed by atoms with Gasteiger partial charge in [0.2, 0.25) is 5.91 Å². The average molecular weight is 265 g/mol. The zero-order valence-corrected chi connectivity index (χ0v) is 11.3. The highest BCUT2D eigenvalue weighted by Gasteiger charge is 2.15. The molecule has 1 rings (SSSR count). The Balaban J connectivity index is 2.65. The second-order valence-corrected chi connectivity index (χ2v) is 4.22. The van der Waals surface area contributed by atoms with Crippen LogP contribution in [-0.2, 0) is 9.53 Å². The van der Waals surface area contributed by atoms with Crippen molar-refractivity contribution in [1.29, 1.82) is 0 Å². The highest BCUT2D eigenvalue weighted by molar-refractivity contribution is 5.87. The molecule has 0 saturated carbocycles. The van der Waals surface area contributed by atoms with E-state index in [9.17, 15) is 9.59 Å². The van der Waals surface area contributed by atoms with E-state index < -0.39 is 12.1 Å². The molecule has 3 amide bonds. The molecule has 0 aliphatic rings. The number of hydrogen-bond donors (Lipinski definition) is 3. The van der Waals surface area contributed by atoms with Gasteiger partial charge in [-0.2, -0.15) is 0 Å². The number of methoxy groups -OCH3 is 1. The Morgan fingerprint density at radius 3 is 2.26 bits per heavy atom. The Morgan fingerprint density at radius 2 is 1.79 bits per heavy atom. The lowest BCUT2D eigenvalue weighted by molar-refractivity contribution is -0.130. The third-order valence-corrected chi connectivity index (χ3v) is 2.76. The lowest BCUT2D eigenvalue weighted by Crippen LogP contribution is -2.35. The lowest BCUT2D eigenvalue weighted by Gasteiger charge is -2.17. The van der Waals surface area contributed by atoms with E-state index in [4.69, 9.17) is 10.5 Å². The second kappa shape index (κ2) is 6.75. The van der Waals surface area contributed by atoms with Crippen molar-refractivity contribution in [2.45, 2.75) is 26.0 Å². The number of benzene rings is 1. The van der Waals surface area contributed by atoms with Crippen molar-refractivity contribution in [3.05, 3.63) is 29.8 Å². The molecule has 0 saturated heterocycles. The highest BCUT2D eigenvalue weighted by atomic mass is 16.5. The number of rotatable bonds is 5. The smallest absolute Gasteiger partial charge is 0.316 e. The first-order valence-electron chi connectivity index (χ1n) is 5.93. The molecule has 4 N–H and O–H groups in total. The molecule has 0 radical (unpaired) electrons. The maximum Gasteiger partial charge on any atom is 0.316 e. The van der Waals surface area contributed by atoms with Crippen LogP contribution in [0.15, 0.2) is 24.3 Å². The Labute approximate surface area is 112 Å². The molecule has 0 fully saturated rings. The van der Waals surface area contributed by atoms with Crippen LogP contribution in [0.2, 0.25) is 0 Å². The Morgan fingerprint density at radius 1 is 1.21 bits per heavy atom. The molecule has 0 bridgehead atoms. The summed E-state index contributed by atoms with van der Waals surface area (Å²) in [5, 5.41) is 5.30. The summed E-state index contributed by atoms with van der Waals surface area (Å²) < 4.78 is 4.94. The van der Waals surface area contributed by atoms with E-state index in [0.717, 1.165) is 5.56 Å². The van der Waals surface area contributed by atoms with Crippen molar-refractivity contribution < 1.29 is 14.3 Å². The minimum atomic E-state index is -0.608. The van der Waals surface area contributed by atoms with Gasteiger partial charge in [-0.3, -0.25) is 4.79 Å². The molecule has 1 aromatic carbocycles. The predicted octanol–water partition coefficient (Wildman–Crippen LogP) is 1.39. The highest BCUT2D eigenvalue weighted by Crippen LogP contribution is 2.16. The van der Waals surface area contributed by atoms with Crippen LogP contribution in [0.5, 0.6) is 0 Å². The number of carbonyl (C=O) groups is 2. The first-order valence-corrected chi connectivity index (χ1v) is 5.93. The molecule has 2 unspecified atom stereocenters. The van der Waals surface area contributed by atoms with Gasteiger partial charge in [0.25, 0.3) is 0 Å². The summed E-state index contributed by atoms with van der Waals surface area (Å²) in [6.45, 7) is 3.55. The minimum absolute atomic E-state index is 0.146. The molecule has 0 spiro atoms. The van der Waals surface area contributed by atoms with Crippen LogP contribution in [0.1, 0.15) is 25.5 Å². The Hall–Kier alpha value is -2.08. The molecule has 0 aliphatic heterocycles. The van der Waals surface area contributed by atoms with Gasteiger partial charge in [-0.15, -0.1) is 0 Å². The van der Waals surface area contributed by atoms with Crippen molar-refractivity contribution in [2.75, 3.05) is 12.4 Å². The molecule has 6 heteroatoms. The van der Waals surface area contributed by atoms with Crippen LogP contribution < -0.4 is 16.4 Å². The maximum atomic E-state index is 11.7. The fourth-order valence-electron chi connectivity index (χ4n) is 1.52. The van der Waals surface area contributed by atoms with Gasteiger partial charge in [-0.1, -0.05) is 12.1 Å². The molecular weight excluding hydrogens is 246 g/mol. The number of nitrogens with one attached hydrogen (secondary N) is 2. The van der Waals surface area contributed by atoms with E-state index in [1.54, 1.807) is 19.1 Å². The Bertz CT molecular complexity index is 445.